The van der Waals surface area contributed by atoms with Crippen molar-refractivity contribution in [3.05, 3.63) is 23.2 Å². The molecule has 0 N–H and O–H groups in total. The molecular formula is C7H11ClN2O2S. The zero-order valence-corrected chi connectivity index (χ0v) is 9.22. The summed E-state index contributed by atoms with van der Waals surface area (Å²) in [6.07, 6.45) is 3.95. The summed E-state index contributed by atoms with van der Waals surface area (Å²) in [6.45, 7) is 1.80. The van der Waals surface area contributed by atoms with Crippen molar-refractivity contribution < 1.29 is 8.42 Å². The summed E-state index contributed by atoms with van der Waals surface area (Å²) in [7, 11) is -2.67. The quantitative estimate of drug-likeness (QED) is 0.617. The second-order valence-corrected chi connectivity index (χ2v) is 5.24. The van der Waals surface area contributed by atoms with Crippen molar-refractivity contribution >= 4 is 21.4 Å². The number of hydrogen-bond acceptors (Lipinski definition) is 4. The molecule has 0 atom stereocenters. The maximum absolute atomic E-state index is 9.63. The molecule has 0 saturated carbocycles. The second-order valence-electron chi connectivity index (χ2n) is 2.57. The van der Waals surface area contributed by atoms with Crippen LogP contribution >= 0.6 is 11.6 Å². The smallest absolute Gasteiger partial charge is 0.144 e. The highest BCUT2D eigenvalue weighted by molar-refractivity contribution is 7.89. The first-order chi connectivity index (χ1) is 5.79. The molecule has 0 bridgehead atoms. The highest BCUT2D eigenvalue weighted by atomic mass is 35.5. The summed E-state index contributed by atoms with van der Waals surface area (Å²) >= 11 is 5.49. The van der Waals surface area contributed by atoms with Gasteiger partial charge in [-0.3, -0.25) is 0 Å². The highest BCUT2D eigenvalue weighted by Crippen LogP contribution is 1.99. The Morgan fingerprint density at radius 3 is 2.08 bits per heavy atom. The molecule has 1 heterocycles. The van der Waals surface area contributed by atoms with Crippen molar-refractivity contribution in [1.29, 1.82) is 0 Å². The van der Waals surface area contributed by atoms with Crippen LogP contribution in [-0.4, -0.2) is 30.9 Å². The third-order valence-corrected chi connectivity index (χ3v) is 0.953. The molecule has 0 amide bonds. The third-order valence-electron chi connectivity index (χ3n) is 0.742. The molecule has 0 aromatic carbocycles. The minimum atomic E-state index is -2.67. The molecule has 1 rings (SSSR count). The van der Waals surface area contributed by atoms with Gasteiger partial charge in [-0.15, -0.1) is 0 Å². The van der Waals surface area contributed by atoms with E-state index in [1.54, 1.807) is 19.2 Å². The first-order valence-corrected chi connectivity index (χ1v) is 6.07. The molecule has 1 aromatic rings. The Morgan fingerprint density at radius 1 is 1.38 bits per heavy atom. The van der Waals surface area contributed by atoms with Crippen LogP contribution in [0.25, 0.3) is 0 Å². The molecule has 13 heavy (non-hydrogen) atoms. The maximum atomic E-state index is 9.63. The summed E-state index contributed by atoms with van der Waals surface area (Å²) in [6, 6.07) is 1.65. The molecule has 0 aliphatic carbocycles. The van der Waals surface area contributed by atoms with E-state index in [0.29, 0.717) is 11.0 Å². The van der Waals surface area contributed by atoms with Gasteiger partial charge in [-0.1, -0.05) is 11.6 Å². The molecule has 0 spiro atoms. The average Bonchev–Trinajstić information content (AvgIpc) is 1.81. The minimum absolute atomic E-state index is 0.498. The van der Waals surface area contributed by atoms with E-state index in [1.165, 1.54) is 0 Å². The second kappa shape index (κ2) is 5.14. The van der Waals surface area contributed by atoms with Crippen molar-refractivity contribution in [3.8, 4) is 0 Å². The standard InChI is InChI=1S/C5H5ClN2.C2H6O2S/c1-4-7-3-2-5(6)8-4;1-5(2,3)4/h2-3H,1H3;1-2H3. The van der Waals surface area contributed by atoms with Gasteiger partial charge in [0.2, 0.25) is 0 Å². The van der Waals surface area contributed by atoms with E-state index < -0.39 is 9.84 Å². The van der Waals surface area contributed by atoms with Crippen LogP contribution in [0.1, 0.15) is 5.82 Å². The van der Waals surface area contributed by atoms with Crippen molar-refractivity contribution in [2.75, 3.05) is 12.5 Å². The van der Waals surface area contributed by atoms with Crippen molar-refractivity contribution in [1.82, 2.24) is 9.97 Å². The lowest BCUT2D eigenvalue weighted by Gasteiger charge is -1.87. The highest BCUT2D eigenvalue weighted by Gasteiger charge is 1.85. The van der Waals surface area contributed by atoms with Crippen LogP contribution in [0.15, 0.2) is 12.3 Å². The predicted molar refractivity (Wildman–Crippen MR) is 52.5 cm³/mol. The van der Waals surface area contributed by atoms with Crippen LogP contribution in [0.4, 0.5) is 0 Å². The number of aromatic nitrogens is 2. The van der Waals surface area contributed by atoms with Crippen LogP contribution in [-0.2, 0) is 9.84 Å². The first-order valence-electron chi connectivity index (χ1n) is 3.39. The number of rotatable bonds is 0. The Bertz CT molecular complexity index is 339. The van der Waals surface area contributed by atoms with E-state index in [1.807, 2.05) is 0 Å². The molecule has 74 valence electrons. The molecule has 0 aliphatic rings. The van der Waals surface area contributed by atoms with Crippen molar-refractivity contribution in [2.24, 2.45) is 0 Å². The normalized spacial score (nSPS) is 10.2. The number of sulfone groups is 1. The van der Waals surface area contributed by atoms with E-state index in [9.17, 15) is 8.42 Å². The zero-order chi connectivity index (χ0) is 10.5. The largest absolute Gasteiger partial charge is 0.242 e. The Hall–Kier alpha value is -0.680. The molecule has 1 aromatic heterocycles. The van der Waals surface area contributed by atoms with Crippen LogP contribution in [0.5, 0.6) is 0 Å². The number of nitrogens with zero attached hydrogens (tertiary/aromatic N) is 2. The Labute approximate surface area is 82.9 Å². The predicted octanol–water partition coefficient (Wildman–Crippen LogP) is 1.10. The number of aryl methyl sites for hydroxylation is 1. The molecule has 0 aliphatic heterocycles. The monoisotopic (exact) mass is 222 g/mol. The fourth-order valence-electron chi connectivity index (χ4n) is 0.427. The number of halogens is 1. The van der Waals surface area contributed by atoms with Crippen LogP contribution in [0.2, 0.25) is 5.15 Å². The molecule has 4 nitrogen and oxygen atoms in total. The Kier molecular flexibility index (Phi) is 4.87. The average molecular weight is 223 g/mol. The lowest BCUT2D eigenvalue weighted by molar-refractivity contribution is 0.607. The van der Waals surface area contributed by atoms with Gasteiger partial charge in [-0.2, -0.15) is 0 Å². The Morgan fingerprint density at radius 2 is 1.85 bits per heavy atom. The summed E-state index contributed by atoms with van der Waals surface area (Å²) in [5, 5.41) is 0.498. The third kappa shape index (κ3) is 11.3. The first kappa shape index (κ1) is 12.3. The lowest BCUT2D eigenvalue weighted by Crippen LogP contribution is -1.86. The summed E-state index contributed by atoms with van der Waals surface area (Å²) in [5.74, 6) is 0.706. The molecule has 0 unspecified atom stereocenters. The van der Waals surface area contributed by atoms with Gasteiger partial charge in [0, 0.05) is 18.7 Å². The van der Waals surface area contributed by atoms with Gasteiger partial charge in [-0.25, -0.2) is 18.4 Å². The topological polar surface area (TPSA) is 59.9 Å². The van der Waals surface area contributed by atoms with E-state index in [0.717, 1.165) is 12.5 Å². The van der Waals surface area contributed by atoms with Gasteiger partial charge >= 0.3 is 0 Å². The van der Waals surface area contributed by atoms with Gasteiger partial charge in [0.15, 0.2) is 0 Å². The Balaban J connectivity index is 0.000000252. The minimum Gasteiger partial charge on any atom is -0.242 e. The van der Waals surface area contributed by atoms with Crippen molar-refractivity contribution in [3.63, 3.8) is 0 Å². The van der Waals surface area contributed by atoms with Gasteiger partial charge in [0.05, 0.1) is 0 Å². The van der Waals surface area contributed by atoms with Crippen LogP contribution in [0, 0.1) is 6.92 Å². The van der Waals surface area contributed by atoms with Crippen LogP contribution < -0.4 is 0 Å². The van der Waals surface area contributed by atoms with Gasteiger partial charge in [0.1, 0.15) is 20.8 Å². The van der Waals surface area contributed by atoms with Crippen LogP contribution in [0.3, 0.4) is 0 Å². The summed E-state index contributed by atoms with van der Waals surface area (Å²) in [5.41, 5.74) is 0. The van der Waals surface area contributed by atoms with E-state index >= 15 is 0 Å². The lowest BCUT2D eigenvalue weighted by atomic mass is 10.6. The zero-order valence-electron chi connectivity index (χ0n) is 7.65. The summed E-state index contributed by atoms with van der Waals surface area (Å²) < 4.78 is 19.3. The molecule has 6 heteroatoms. The fourth-order valence-corrected chi connectivity index (χ4v) is 0.606. The van der Waals surface area contributed by atoms with Gasteiger partial charge < -0.3 is 0 Å². The van der Waals surface area contributed by atoms with E-state index in [-0.39, 0.29) is 0 Å². The molecular weight excluding hydrogens is 212 g/mol. The molecule has 0 saturated heterocycles. The molecule has 0 fully saturated rings. The van der Waals surface area contributed by atoms with Crippen molar-refractivity contribution in [2.45, 2.75) is 6.92 Å². The van der Waals surface area contributed by atoms with Gasteiger partial charge in [0.25, 0.3) is 0 Å². The van der Waals surface area contributed by atoms with E-state index in [2.05, 4.69) is 9.97 Å². The fraction of sp³-hybridized carbons (Fsp3) is 0.429. The number of hydrogen-bond donors (Lipinski definition) is 0. The summed E-state index contributed by atoms with van der Waals surface area (Å²) in [4.78, 5) is 7.67. The van der Waals surface area contributed by atoms with E-state index in [4.69, 9.17) is 11.6 Å². The molecule has 0 radical (unpaired) electrons. The van der Waals surface area contributed by atoms with Gasteiger partial charge in [-0.05, 0) is 13.0 Å². The maximum Gasteiger partial charge on any atom is 0.144 e. The SMILES string of the molecule is CS(C)(=O)=O.Cc1nccc(Cl)n1.